The second-order valence-electron chi connectivity index (χ2n) is 22.0. The number of anilines is 3. The fourth-order valence-corrected chi connectivity index (χ4v) is 9.94. The van der Waals surface area contributed by atoms with Gasteiger partial charge in [-0.3, -0.25) is 62.8 Å². The van der Waals surface area contributed by atoms with Crippen molar-refractivity contribution >= 4 is 70.6 Å². The van der Waals surface area contributed by atoms with Crippen molar-refractivity contribution in [2.45, 2.75) is 76.8 Å². The van der Waals surface area contributed by atoms with Gasteiger partial charge in [0, 0.05) is 117 Å². The number of aliphatic imine (C=N–C) groups is 1. The predicted octanol–water partition coefficient (Wildman–Crippen LogP) is 0.320. The van der Waals surface area contributed by atoms with Crippen LogP contribution in [0.5, 0.6) is 5.75 Å². The predicted molar refractivity (Wildman–Crippen MR) is 344 cm³/mol. The Bertz CT molecular complexity index is 3040. The maximum atomic E-state index is 14.4. The van der Waals surface area contributed by atoms with E-state index in [1.807, 2.05) is 59.5 Å². The average molecular weight is 1270 g/mol. The highest BCUT2D eigenvalue weighted by atomic mass is 16.4. The number of carbonyl (C=O) groups is 8. The molecule has 2 atom stereocenters. The van der Waals surface area contributed by atoms with Gasteiger partial charge in [-0.1, -0.05) is 74.4 Å². The van der Waals surface area contributed by atoms with E-state index in [9.17, 15) is 68.4 Å². The molecule has 4 aromatic carbocycles. The SMILES string of the molecule is CCC(=O)NCCNC(=O)/N=C(/N)NCCC[C@@H](NC(=O)[C@@H](c1ccccc1)c1ccc(NCCCNc2c(NCCCCCCNC(=O)CN3CCN(CC(=O)O)CCN(CC(=O)O)CCN(CC(=O)O)CC3)c(=O)c2=O)cc1)C(=O)NCc1ccc(O)cc1. The summed E-state index contributed by atoms with van der Waals surface area (Å²) in [4.78, 5) is 135. The van der Waals surface area contributed by atoms with Crippen LogP contribution < -0.4 is 64.4 Å². The molecule has 91 heavy (non-hydrogen) atoms. The van der Waals surface area contributed by atoms with Gasteiger partial charge in [-0.2, -0.15) is 4.99 Å². The van der Waals surface area contributed by atoms with Gasteiger partial charge in [0.15, 0.2) is 5.96 Å². The van der Waals surface area contributed by atoms with Gasteiger partial charge in [0.2, 0.25) is 23.6 Å². The normalized spacial score (nSPS) is 14.5. The third kappa shape index (κ3) is 27.6. The largest absolute Gasteiger partial charge is 0.508 e. The molecule has 496 valence electrons. The van der Waals surface area contributed by atoms with Gasteiger partial charge in [0.1, 0.15) is 23.2 Å². The molecule has 0 spiro atoms. The lowest BCUT2D eigenvalue weighted by atomic mass is 9.90. The lowest BCUT2D eigenvalue weighted by molar-refractivity contribution is -0.140. The second-order valence-corrected chi connectivity index (χ2v) is 22.0. The van der Waals surface area contributed by atoms with E-state index in [1.54, 1.807) is 33.8 Å². The van der Waals surface area contributed by atoms with Crippen molar-refractivity contribution in [3.8, 4) is 5.75 Å². The van der Waals surface area contributed by atoms with Crippen molar-refractivity contribution in [2.75, 3.05) is 140 Å². The van der Waals surface area contributed by atoms with Crippen LogP contribution in [0.3, 0.4) is 0 Å². The highest BCUT2D eigenvalue weighted by Gasteiger charge is 2.29. The number of benzene rings is 3. The number of phenols is 1. The summed E-state index contributed by atoms with van der Waals surface area (Å²) in [5.74, 6) is -5.24. The number of nitrogens with two attached hydrogens (primary N) is 1. The first-order chi connectivity index (χ1) is 43.8. The number of hydrogen-bond donors (Lipinski definition) is 14. The maximum Gasteiger partial charge on any atom is 0.344 e. The molecule has 15 N–H and O–H groups in total. The number of nitrogens with one attached hydrogen (secondary N) is 9. The first kappa shape index (κ1) is 72.6. The number of aliphatic carboxylic acids is 3. The number of hydrogen-bond acceptors (Lipinski definition) is 18. The van der Waals surface area contributed by atoms with E-state index in [0.29, 0.717) is 95.6 Å². The molecule has 1 aliphatic heterocycles. The number of unbranched alkanes of at least 4 members (excludes halogenated alkanes) is 3. The summed E-state index contributed by atoms with van der Waals surface area (Å²) in [6.45, 7) is 5.83. The fraction of sp³-hybridized carbons (Fsp3) is 0.500. The molecule has 0 saturated carbocycles. The molecule has 0 radical (unpaired) electrons. The maximum absolute atomic E-state index is 14.4. The minimum atomic E-state index is -1.04. The van der Waals surface area contributed by atoms with Crippen LogP contribution in [-0.2, 0) is 40.1 Å². The Balaban J connectivity index is 1.05. The topological polar surface area (TPSA) is 411 Å². The Hall–Kier alpha value is -9.19. The van der Waals surface area contributed by atoms with Crippen LogP contribution in [0.15, 0.2) is 93.4 Å². The standard InChI is InChI=1S/C62H89N15O14/c1-2-49(79)66-28-29-70-62(91)73-61(63)69-25-10-14-48(59(89)71-38-43-15-21-47(78)22-16-43)72-60(90)54(44-12-6-5-7-13-44)45-17-19-46(20-18-45)64-26-11-27-68-56-55(57(87)58(56)88)67-24-9-4-3-8-23-65-50(80)39-74-30-32-75(40-51(81)82)34-36-77(42-53(85)86)37-35-76(33-31-74)41-52(83)84/h5-7,12-13,15-22,48,54,64,67-68,78H,2-4,8-11,14,23-42H2,1H3,(H,65,80)(H,66,79)(H,71,89)(H,72,90)(H,81,82)(H,83,84)(H,85,86)(H4,63,69,70,73,91)/t48-,54+/m1/s1. The average Bonchev–Trinajstić information content (AvgIpc) is 1.92. The van der Waals surface area contributed by atoms with Crippen LogP contribution in [0.25, 0.3) is 0 Å². The lowest BCUT2D eigenvalue weighted by Crippen LogP contribution is -2.49. The number of carboxylic acid groups (broad SMARTS) is 3. The number of urea groups is 1. The molecule has 4 aromatic rings. The third-order valence-corrected chi connectivity index (χ3v) is 14.9. The Morgan fingerprint density at radius 3 is 1.54 bits per heavy atom. The summed E-state index contributed by atoms with van der Waals surface area (Å²) in [7, 11) is 0. The van der Waals surface area contributed by atoms with Crippen molar-refractivity contribution in [2.24, 2.45) is 10.7 Å². The van der Waals surface area contributed by atoms with Gasteiger partial charge in [0.25, 0.3) is 10.9 Å². The second kappa shape index (κ2) is 39.7. The Labute approximate surface area is 528 Å². The Morgan fingerprint density at radius 2 is 0.989 bits per heavy atom. The monoisotopic (exact) mass is 1270 g/mol. The number of nitrogens with zero attached hydrogens (tertiary/aromatic N) is 5. The zero-order valence-corrected chi connectivity index (χ0v) is 51.6. The quantitative estimate of drug-likeness (QED) is 0.0125. The molecule has 29 heteroatoms. The highest BCUT2D eigenvalue weighted by molar-refractivity contribution is 5.93. The van der Waals surface area contributed by atoms with Crippen LogP contribution >= 0.6 is 0 Å². The first-order valence-corrected chi connectivity index (χ1v) is 30.8. The van der Waals surface area contributed by atoms with Gasteiger partial charge in [-0.15, -0.1) is 0 Å². The van der Waals surface area contributed by atoms with E-state index < -0.39 is 58.6 Å². The van der Waals surface area contributed by atoms with E-state index >= 15 is 0 Å². The molecule has 5 rings (SSSR count). The Morgan fingerprint density at radius 1 is 0.505 bits per heavy atom. The molecule has 1 heterocycles. The molecular weight excluding hydrogens is 1180 g/mol. The molecule has 0 unspecified atom stereocenters. The van der Waals surface area contributed by atoms with Crippen LogP contribution in [-0.4, -0.2) is 224 Å². The van der Waals surface area contributed by atoms with Gasteiger partial charge in [-0.05, 0) is 73.1 Å². The van der Waals surface area contributed by atoms with Gasteiger partial charge in [-0.25, -0.2) is 4.79 Å². The van der Waals surface area contributed by atoms with Crippen molar-refractivity contribution < 1.29 is 58.8 Å². The molecule has 0 aromatic heterocycles. The number of phenolic OH excluding ortho intramolecular Hbond substituents is 1. The number of aromatic hydroxyl groups is 1. The zero-order chi connectivity index (χ0) is 65.9. The zero-order valence-electron chi connectivity index (χ0n) is 51.6. The van der Waals surface area contributed by atoms with Crippen LogP contribution in [0.2, 0.25) is 0 Å². The van der Waals surface area contributed by atoms with E-state index in [4.69, 9.17) is 5.73 Å². The number of carbonyl (C=O) groups excluding carboxylic acids is 5. The minimum Gasteiger partial charge on any atom is -0.508 e. The molecular formula is C62H89N15O14. The molecule has 1 fully saturated rings. The minimum absolute atomic E-state index is 0.0210. The number of rotatable bonds is 37. The summed E-state index contributed by atoms with van der Waals surface area (Å²) in [5.41, 5.74) is 8.10. The molecule has 1 aliphatic rings. The van der Waals surface area contributed by atoms with Gasteiger partial charge in [0.05, 0.1) is 32.1 Å². The van der Waals surface area contributed by atoms with Crippen molar-refractivity contribution in [1.82, 2.24) is 51.5 Å². The van der Waals surface area contributed by atoms with E-state index in [0.717, 1.165) is 24.1 Å². The fourth-order valence-electron chi connectivity index (χ4n) is 9.94. The highest BCUT2D eigenvalue weighted by Crippen LogP contribution is 2.27. The molecule has 6 amide bonds. The van der Waals surface area contributed by atoms with Crippen LogP contribution in [0, 0.1) is 0 Å². The molecule has 0 aliphatic carbocycles. The van der Waals surface area contributed by atoms with E-state index in [-0.39, 0.29) is 120 Å². The van der Waals surface area contributed by atoms with Gasteiger partial charge < -0.3 is 74.0 Å². The summed E-state index contributed by atoms with van der Waals surface area (Å²) in [5, 5.41) is 64.5. The van der Waals surface area contributed by atoms with Crippen molar-refractivity contribution in [1.29, 1.82) is 0 Å². The number of carboxylic acids is 3. The smallest absolute Gasteiger partial charge is 0.344 e. The van der Waals surface area contributed by atoms with E-state index in [1.165, 1.54) is 12.1 Å². The third-order valence-electron chi connectivity index (χ3n) is 14.9. The summed E-state index contributed by atoms with van der Waals surface area (Å²) >= 11 is 0. The summed E-state index contributed by atoms with van der Waals surface area (Å²) in [6.07, 6.45) is 4.37. The first-order valence-electron chi connectivity index (χ1n) is 30.8. The summed E-state index contributed by atoms with van der Waals surface area (Å²) < 4.78 is 0. The van der Waals surface area contributed by atoms with E-state index in [2.05, 4.69) is 52.8 Å². The van der Waals surface area contributed by atoms with Gasteiger partial charge >= 0.3 is 23.9 Å². The molecule has 0 bridgehead atoms. The number of guanidine groups is 1. The van der Waals surface area contributed by atoms with Crippen LogP contribution in [0.4, 0.5) is 21.9 Å². The molecule has 29 nitrogen and oxygen atoms in total. The lowest BCUT2D eigenvalue weighted by Gasteiger charge is -2.32. The Kier molecular flexibility index (Phi) is 31.7. The molecule has 1 saturated heterocycles. The van der Waals surface area contributed by atoms with Crippen LogP contribution in [0.1, 0.15) is 80.9 Å². The number of amides is 6. The van der Waals surface area contributed by atoms with Crippen molar-refractivity contribution in [3.63, 3.8) is 0 Å². The van der Waals surface area contributed by atoms with Crippen molar-refractivity contribution in [3.05, 3.63) is 116 Å². The summed E-state index contributed by atoms with van der Waals surface area (Å²) in [6, 6.07) is 21.2.